The van der Waals surface area contributed by atoms with E-state index in [1.54, 1.807) is 18.7 Å². The van der Waals surface area contributed by atoms with Gasteiger partial charge in [-0.15, -0.1) is 0 Å². The number of carbonyl (C=O) groups excluding carboxylic acids is 2. The number of para-hydroxylation sites is 2. The van der Waals surface area contributed by atoms with Gasteiger partial charge in [-0.1, -0.05) is 36.4 Å². The Hall–Kier alpha value is -4.24. The van der Waals surface area contributed by atoms with Crippen LogP contribution in [0.5, 0.6) is 0 Å². The Labute approximate surface area is 227 Å². The van der Waals surface area contributed by atoms with Crippen molar-refractivity contribution in [2.24, 2.45) is 7.05 Å². The topological polar surface area (TPSA) is 98.5 Å². The fraction of sp³-hybridized carbons (Fsp3) is 0.333. The Kier molecular flexibility index (Phi) is 7.10. The van der Waals surface area contributed by atoms with Crippen molar-refractivity contribution in [3.8, 4) is 5.69 Å². The molecule has 0 radical (unpaired) electrons. The zero-order valence-corrected chi connectivity index (χ0v) is 22.9. The molecule has 5 rings (SSSR count). The maximum absolute atomic E-state index is 13.6. The number of hydrogen-bond donors (Lipinski definition) is 1. The maximum atomic E-state index is 13.6. The lowest BCUT2D eigenvalue weighted by molar-refractivity contribution is -0.123. The Morgan fingerprint density at radius 2 is 1.72 bits per heavy atom. The van der Waals surface area contributed by atoms with Crippen molar-refractivity contribution in [3.63, 3.8) is 0 Å². The van der Waals surface area contributed by atoms with Crippen LogP contribution in [0.1, 0.15) is 48.1 Å². The minimum Gasteiger partial charge on any atom is -0.449 e. The molecule has 9 heteroatoms. The molecule has 1 unspecified atom stereocenters. The largest absolute Gasteiger partial charge is 0.449 e. The summed E-state index contributed by atoms with van der Waals surface area (Å²) in [4.78, 5) is 47.1. The summed E-state index contributed by atoms with van der Waals surface area (Å²) in [5, 5.41) is 3.39. The van der Waals surface area contributed by atoms with Crippen molar-refractivity contribution >= 4 is 28.5 Å². The molecule has 3 heterocycles. The molecular weight excluding hydrogens is 494 g/mol. The number of hydrogen-bond acceptors (Lipinski definition) is 6. The molecule has 2 aromatic heterocycles. The lowest BCUT2D eigenvalue weighted by atomic mass is 9.95. The first-order valence-electron chi connectivity index (χ1n) is 13.2. The van der Waals surface area contributed by atoms with Gasteiger partial charge in [-0.05, 0) is 45.9 Å². The van der Waals surface area contributed by atoms with E-state index in [0.717, 1.165) is 29.7 Å². The number of carbonyl (C=O) groups is 2. The highest BCUT2D eigenvalue weighted by molar-refractivity contribution is 6.06. The average Bonchev–Trinajstić information content (AvgIpc) is 3.14. The Morgan fingerprint density at radius 3 is 2.44 bits per heavy atom. The smallest absolute Gasteiger partial charge is 0.339 e. The van der Waals surface area contributed by atoms with Crippen LogP contribution < -0.4 is 10.9 Å². The Bertz CT molecular complexity index is 1620. The van der Waals surface area contributed by atoms with E-state index in [-0.39, 0.29) is 11.2 Å². The SMILES string of the molecule is Cc1c(NC(=O)C(C)OC(=O)c2c3c(nc4ccccc24)CCN(C(C)C)C3)c(=O)n(-c2ccccc2)n1C. The summed E-state index contributed by atoms with van der Waals surface area (Å²) in [7, 11) is 1.75. The van der Waals surface area contributed by atoms with E-state index in [2.05, 4.69) is 24.1 Å². The molecule has 1 amide bonds. The first kappa shape index (κ1) is 26.4. The van der Waals surface area contributed by atoms with Crippen LogP contribution >= 0.6 is 0 Å². The second kappa shape index (κ2) is 10.5. The van der Waals surface area contributed by atoms with Gasteiger partial charge < -0.3 is 10.1 Å². The van der Waals surface area contributed by atoms with Gasteiger partial charge in [0.2, 0.25) is 0 Å². The molecule has 0 bridgehead atoms. The van der Waals surface area contributed by atoms with E-state index in [0.29, 0.717) is 34.9 Å². The highest BCUT2D eigenvalue weighted by Crippen LogP contribution is 2.30. The maximum Gasteiger partial charge on any atom is 0.339 e. The number of nitrogens with zero attached hydrogens (tertiary/aromatic N) is 4. The molecule has 1 aliphatic rings. The number of nitrogens with one attached hydrogen (secondary N) is 1. The number of amides is 1. The number of fused-ring (bicyclic) bond motifs is 2. The molecule has 0 saturated heterocycles. The normalized spacial score (nSPS) is 14.3. The van der Waals surface area contributed by atoms with E-state index in [1.165, 1.54) is 11.6 Å². The molecule has 0 saturated carbocycles. The highest BCUT2D eigenvalue weighted by atomic mass is 16.5. The average molecular weight is 528 g/mol. The van der Waals surface area contributed by atoms with Gasteiger partial charge in [-0.3, -0.25) is 24.2 Å². The predicted octanol–water partition coefficient (Wildman–Crippen LogP) is 3.98. The fourth-order valence-electron chi connectivity index (χ4n) is 5.10. The summed E-state index contributed by atoms with van der Waals surface area (Å²) in [6.45, 7) is 8.96. The molecule has 202 valence electrons. The van der Waals surface area contributed by atoms with Crippen LogP contribution in [-0.4, -0.2) is 49.8 Å². The lowest BCUT2D eigenvalue weighted by Crippen LogP contribution is -2.38. The van der Waals surface area contributed by atoms with Crippen molar-refractivity contribution in [1.29, 1.82) is 0 Å². The summed E-state index contributed by atoms with van der Waals surface area (Å²) in [5.41, 5.74) is 3.94. The quantitative estimate of drug-likeness (QED) is 0.381. The Morgan fingerprint density at radius 1 is 1.03 bits per heavy atom. The molecule has 4 aromatic rings. The van der Waals surface area contributed by atoms with Crippen LogP contribution in [0, 0.1) is 6.92 Å². The molecule has 9 nitrogen and oxygen atoms in total. The van der Waals surface area contributed by atoms with Gasteiger partial charge in [0.15, 0.2) is 6.10 Å². The summed E-state index contributed by atoms with van der Waals surface area (Å²) >= 11 is 0. The van der Waals surface area contributed by atoms with Crippen molar-refractivity contribution in [2.45, 2.75) is 52.8 Å². The fourth-order valence-corrected chi connectivity index (χ4v) is 5.10. The number of pyridine rings is 1. The number of aromatic nitrogens is 3. The van der Waals surface area contributed by atoms with Crippen LogP contribution in [0.2, 0.25) is 0 Å². The second-order valence-electron chi connectivity index (χ2n) is 10.2. The van der Waals surface area contributed by atoms with Crippen LogP contribution in [-0.2, 0) is 29.5 Å². The van der Waals surface area contributed by atoms with E-state index in [9.17, 15) is 14.4 Å². The number of rotatable bonds is 6. The molecular formula is C30H33N5O4. The van der Waals surface area contributed by atoms with Gasteiger partial charge in [-0.25, -0.2) is 9.48 Å². The van der Waals surface area contributed by atoms with E-state index < -0.39 is 18.0 Å². The molecule has 1 atom stereocenters. The first-order chi connectivity index (χ1) is 18.7. The number of anilines is 1. The van der Waals surface area contributed by atoms with Gasteiger partial charge >= 0.3 is 5.97 Å². The van der Waals surface area contributed by atoms with Crippen molar-refractivity contribution < 1.29 is 14.3 Å². The van der Waals surface area contributed by atoms with E-state index in [1.807, 2.05) is 54.6 Å². The summed E-state index contributed by atoms with van der Waals surface area (Å²) in [5.74, 6) is -1.16. The summed E-state index contributed by atoms with van der Waals surface area (Å²) in [6.07, 6.45) is -0.399. The van der Waals surface area contributed by atoms with Crippen molar-refractivity contribution in [3.05, 3.63) is 87.5 Å². The third-order valence-corrected chi connectivity index (χ3v) is 7.47. The minimum absolute atomic E-state index is 0.147. The van der Waals surface area contributed by atoms with Gasteiger partial charge in [-0.2, -0.15) is 0 Å². The molecule has 1 aliphatic heterocycles. The Balaban J connectivity index is 1.42. The predicted molar refractivity (Wildman–Crippen MR) is 150 cm³/mol. The molecule has 1 N–H and O–H groups in total. The van der Waals surface area contributed by atoms with E-state index >= 15 is 0 Å². The molecule has 0 fully saturated rings. The van der Waals surface area contributed by atoms with Crippen LogP contribution in [0.3, 0.4) is 0 Å². The molecule has 0 spiro atoms. The van der Waals surface area contributed by atoms with Crippen LogP contribution in [0.4, 0.5) is 5.69 Å². The third-order valence-electron chi connectivity index (χ3n) is 7.47. The molecule has 39 heavy (non-hydrogen) atoms. The zero-order valence-electron chi connectivity index (χ0n) is 22.9. The van der Waals surface area contributed by atoms with Crippen LogP contribution in [0.15, 0.2) is 59.4 Å². The molecule has 0 aliphatic carbocycles. The van der Waals surface area contributed by atoms with Gasteiger partial charge in [0.05, 0.1) is 22.5 Å². The second-order valence-corrected chi connectivity index (χ2v) is 10.2. The first-order valence-corrected chi connectivity index (χ1v) is 13.2. The van der Waals surface area contributed by atoms with Crippen molar-refractivity contribution in [1.82, 2.24) is 19.2 Å². The molecule has 2 aromatic carbocycles. The monoisotopic (exact) mass is 527 g/mol. The van der Waals surface area contributed by atoms with Gasteiger partial charge in [0, 0.05) is 49.2 Å². The summed E-state index contributed by atoms with van der Waals surface area (Å²) < 4.78 is 8.89. The van der Waals surface area contributed by atoms with Gasteiger partial charge in [0.1, 0.15) is 5.69 Å². The van der Waals surface area contributed by atoms with E-state index in [4.69, 9.17) is 9.72 Å². The summed E-state index contributed by atoms with van der Waals surface area (Å²) in [6, 6.07) is 17.0. The minimum atomic E-state index is -1.13. The number of ether oxygens (including phenoxy) is 1. The standard InChI is InChI=1S/C30H33N5O4/c1-18(2)34-16-15-25-23(17-34)26(22-13-9-10-14-24(22)31-25)30(38)39-20(4)28(36)32-27-19(3)33(5)35(29(27)37)21-11-7-6-8-12-21/h6-14,18,20H,15-17H2,1-5H3,(H,32,36). The number of benzene rings is 2. The zero-order chi connectivity index (χ0) is 27.8. The number of esters is 1. The highest BCUT2D eigenvalue weighted by Gasteiger charge is 2.30. The van der Waals surface area contributed by atoms with Crippen LogP contribution in [0.25, 0.3) is 16.6 Å². The third kappa shape index (κ3) is 4.85. The van der Waals surface area contributed by atoms with Gasteiger partial charge in [0.25, 0.3) is 11.5 Å². The lowest BCUT2D eigenvalue weighted by Gasteiger charge is -2.32. The van der Waals surface area contributed by atoms with Crippen molar-refractivity contribution in [2.75, 3.05) is 11.9 Å².